The normalized spacial score (nSPS) is 14.0. The summed E-state index contributed by atoms with van der Waals surface area (Å²) in [6, 6.07) is 17.3. The molecule has 2 aromatic heterocycles. The molecule has 1 atom stereocenters. The second kappa shape index (κ2) is 8.24. The van der Waals surface area contributed by atoms with Gasteiger partial charge in [-0.15, -0.1) is 11.3 Å². The van der Waals surface area contributed by atoms with E-state index < -0.39 is 23.9 Å². The monoisotopic (exact) mass is 463 g/mol. The summed E-state index contributed by atoms with van der Waals surface area (Å²) in [5.41, 5.74) is -1.90. The lowest BCUT2D eigenvalue weighted by atomic mass is 9.93. The second-order valence-electron chi connectivity index (χ2n) is 7.15. The number of aliphatic hydroxyl groups excluding tert-OH is 1. The van der Waals surface area contributed by atoms with Crippen LogP contribution in [0.25, 0.3) is 21.3 Å². The van der Waals surface area contributed by atoms with Crippen molar-refractivity contribution in [2.24, 2.45) is 0 Å². The van der Waals surface area contributed by atoms with E-state index in [0.717, 1.165) is 26.6 Å². The Morgan fingerprint density at radius 3 is 2.48 bits per heavy atom. The molecule has 0 saturated carbocycles. The molecule has 0 bridgehead atoms. The van der Waals surface area contributed by atoms with Gasteiger partial charge < -0.3 is 10.2 Å². The van der Waals surface area contributed by atoms with Gasteiger partial charge in [-0.05, 0) is 40.8 Å². The van der Waals surface area contributed by atoms with Gasteiger partial charge in [0.15, 0.2) is 0 Å². The molecule has 2 aromatic carbocycles. The van der Waals surface area contributed by atoms with Crippen LogP contribution in [0, 0.1) is 0 Å². The molecule has 0 aliphatic carbocycles. The number of aromatic nitrogens is 1. The van der Waals surface area contributed by atoms with Crippen molar-refractivity contribution in [1.82, 2.24) is 4.98 Å². The van der Waals surface area contributed by atoms with Crippen molar-refractivity contribution in [3.05, 3.63) is 87.9 Å². The molecule has 1 unspecified atom stereocenters. The van der Waals surface area contributed by atoms with Gasteiger partial charge in [-0.2, -0.15) is 13.2 Å². The molecule has 0 radical (unpaired) electrons. The molecule has 31 heavy (non-hydrogen) atoms. The molecule has 160 valence electrons. The molecular formula is C23H17ClF3NO2S. The van der Waals surface area contributed by atoms with Crippen LogP contribution in [0.3, 0.4) is 0 Å². The summed E-state index contributed by atoms with van der Waals surface area (Å²) < 4.78 is 41.0. The minimum atomic E-state index is -5.03. The van der Waals surface area contributed by atoms with Crippen molar-refractivity contribution >= 4 is 33.0 Å². The highest BCUT2D eigenvalue weighted by Gasteiger charge is 2.54. The summed E-state index contributed by atoms with van der Waals surface area (Å²) in [6.07, 6.45) is -3.20. The Kier molecular flexibility index (Phi) is 5.79. The number of halogens is 4. The molecule has 0 aliphatic rings. The number of benzene rings is 2. The zero-order valence-electron chi connectivity index (χ0n) is 16.0. The smallest absolute Gasteiger partial charge is 0.393 e. The van der Waals surface area contributed by atoms with Gasteiger partial charge in [0.25, 0.3) is 0 Å². The number of nitrogens with zero attached hydrogens (tertiary/aromatic N) is 1. The van der Waals surface area contributed by atoms with Crippen molar-refractivity contribution in [2.75, 3.05) is 6.61 Å². The third kappa shape index (κ3) is 4.06. The molecule has 3 nitrogen and oxygen atoms in total. The number of rotatable bonds is 5. The number of hydrogen-bond acceptors (Lipinski definition) is 4. The van der Waals surface area contributed by atoms with E-state index in [2.05, 4.69) is 4.98 Å². The fourth-order valence-corrected chi connectivity index (χ4v) is 4.82. The molecule has 2 heterocycles. The Morgan fingerprint density at radius 1 is 1.00 bits per heavy atom. The maximum absolute atomic E-state index is 13.4. The van der Waals surface area contributed by atoms with Gasteiger partial charge in [0.2, 0.25) is 5.60 Å². The van der Waals surface area contributed by atoms with Gasteiger partial charge in [0, 0.05) is 32.8 Å². The van der Waals surface area contributed by atoms with E-state index in [1.807, 2.05) is 36.4 Å². The van der Waals surface area contributed by atoms with Crippen LogP contribution in [-0.4, -0.2) is 28.0 Å². The Bertz CT molecular complexity index is 1240. The van der Waals surface area contributed by atoms with E-state index in [0.29, 0.717) is 17.0 Å². The number of alkyl halides is 3. The highest BCUT2D eigenvalue weighted by molar-refractivity contribution is 7.19. The van der Waals surface area contributed by atoms with Gasteiger partial charge in [-0.3, -0.25) is 4.98 Å². The first-order valence-electron chi connectivity index (χ1n) is 9.34. The Labute approximate surface area is 185 Å². The first-order chi connectivity index (χ1) is 14.7. The van der Waals surface area contributed by atoms with Gasteiger partial charge in [-0.25, -0.2) is 0 Å². The zero-order chi connectivity index (χ0) is 22.2. The van der Waals surface area contributed by atoms with Crippen LogP contribution < -0.4 is 0 Å². The summed E-state index contributed by atoms with van der Waals surface area (Å²) in [4.78, 5) is 5.27. The predicted molar refractivity (Wildman–Crippen MR) is 116 cm³/mol. The van der Waals surface area contributed by atoms with Crippen molar-refractivity contribution in [3.63, 3.8) is 0 Å². The molecule has 0 amide bonds. The molecule has 0 spiro atoms. The fourth-order valence-electron chi connectivity index (χ4n) is 3.41. The predicted octanol–water partition coefficient (Wildman–Crippen LogP) is 5.95. The molecule has 8 heteroatoms. The van der Waals surface area contributed by atoms with Crippen LogP contribution >= 0.6 is 22.9 Å². The lowest BCUT2D eigenvalue weighted by molar-refractivity contribution is -0.277. The van der Waals surface area contributed by atoms with Gasteiger partial charge in [0.1, 0.15) is 0 Å². The van der Waals surface area contributed by atoms with Crippen molar-refractivity contribution in [3.8, 4) is 11.3 Å². The van der Waals surface area contributed by atoms with E-state index in [1.165, 1.54) is 23.6 Å². The van der Waals surface area contributed by atoms with Crippen LogP contribution in [-0.2, 0) is 12.0 Å². The third-order valence-electron chi connectivity index (χ3n) is 5.13. The van der Waals surface area contributed by atoms with Gasteiger partial charge >= 0.3 is 6.18 Å². The zero-order valence-corrected chi connectivity index (χ0v) is 17.6. The Morgan fingerprint density at radius 2 is 1.77 bits per heavy atom. The average molecular weight is 464 g/mol. The SMILES string of the molecule is OCC(O)(c1ccnc(-c2cccc3cc(Cc4ccccc4Cl)sc23)c1)C(F)(F)F. The van der Waals surface area contributed by atoms with E-state index in [1.54, 1.807) is 12.1 Å². The number of pyridine rings is 1. The molecule has 4 rings (SSSR count). The maximum Gasteiger partial charge on any atom is 0.423 e. The average Bonchev–Trinajstić information content (AvgIpc) is 3.16. The largest absolute Gasteiger partial charge is 0.423 e. The maximum atomic E-state index is 13.4. The number of thiophene rings is 1. The van der Waals surface area contributed by atoms with Crippen molar-refractivity contribution < 1.29 is 23.4 Å². The molecule has 0 saturated heterocycles. The lowest BCUT2D eigenvalue weighted by Crippen LogP contribution is -2.45. The summed E-state index contributed by atoms with van der Waals surface area (Å²) in [6.45, 7) is -1.48. The minimum Gasteiger partial charge on any atom is -0.393 e. The molecular weight excluding hydrogens is 447 g/mol. The number of aliphatic hydroxyl groups is 2. The van der Waals surface area contributed by atoms with E-state index in [-0.39, 0.29) is 5.69 Å². The second-order valence-corrected chi connectivity index (χ2v) is 8.69. The van der Waals surface area contributed by atoms with Crippen molar-refractivity contribution in [1.29, 1.82) is 0 Å². The quantitative estimate of drug-likeness (QED) is 0.384. The molecule has 4 aromatic rings. The third-order valence-corrected chi connectivity index (χ3v) is 6.68. The van der Waals surface area contributed by atoms with Gasteiger partial charge in [-0.1, -0.05) is 48.0 Å². The summed E-state index contributed by atoms with van der Waals surface area (Å²) in [5.74, 6) is 0. The summed E-state index contributed by atoms with van der Waals surface area (Å²) >= 11 is 7.78. The molecule has 0 aliphatic heterocycles. The number of fused-ring (bicyclic) bond motifs is 1. The first kappa shape index (κ1) is 21.8. The van der Waals surface area contributed by atoms with Gasteiger partial charge in [0.05, 0.1) is 12.3 Å². The Hall–Kier alpha value is -2.45. The van der Waals surface area contributed by atoms with Crippen LogP contribution in [0.2, 0.25) is 5.02 Å². The van der Waals surface area contributed by atoms with Crippen molar-refractivity contribution in [2.45, 2.75) is 18.2 Å². The standard InChI is InChI=1S/C23H17ClF3NO2S/c24-19-7-2-1-4-14(19)10-17-11-15-5-3-6-18(21(15)31-17)20-12-16(8-9-28-20)22(30,13-29)23(25,26)27/h1-9,11-12,29-30H,10,13H2. The summed E-state index contributed by atoms with van der Waals surface area (Å²) in [7, 11) is 0. The highest BCUT2D eigenvalue weighted by Crippen LogP contribution is 2.41. The van der Waals surface area contributed by atoms with Crippen LogP contribution in [0.5, 0.6) is 0 Å². The molecule has 0 fully saturated rings. The van der Waals surface area contributed by atoms with Crippen LogP contribution in [0.1, 0.15) is 16.0 Å². The minimum absolute atomic E-state index is 0.283. The first-order valence-corrected chi connectivity index (χ1v) is 10.5. The van der Waals surface area contributed by atoms with E-state index in [4.69, 9.17) is 11.6 Å². The van der Waals surface area contributed by atoms with Crippen LogP contribution in [0.15, 0.2) is 66.9 Å². The van der Waals surface area contributed by atoms with E-state index >= 15 is 0 Å². The Balaban J connectivity index is 1.77. The number of hydrogen-bond donors (Lipinski definition) is 2. The van der Waals surface area contributed by atoms with Crippen LogP contribution in [0.4, 0.5) is 13.2 Å². The molecule has 2 N–H and O–H groups in total. The van der Waals surface area contributed by atoms with E-state index in [9.17, 15) is 23.4 Å². The fraction of sp³-hybridized carbons (Fsp3) is 0.174. The topological polar surface area (TPSA) is 53.4 Å². The lowest BCUT2D eigenvalue weighted by Gasteiger charge is -2.29. The summed E-state index contributed by atoms with van der Waals surface area (Å²) in [5, 5.41) is 21.0. The highest BCUT2D eigenvalue weighted by atomic mass is 35.5.